The molecule has 3 rings (SSSR count). The summed E-state index contributed by atoms with van der Waals surface area (Å²) < 4.78 is 5.45. The number of nitrogens with zero attached hydrogens (tertiary/aromatic N) is 1. The van der Waals surface area contributed by atoms with E-state index in [4.69, 9.17) is 4.42 Å². The number of hydrogen-bond donors (Lipinski definition) is 2. The third-order valence-electron chi connectivity index (χ3n) is 4.87. The molecule has 1 aromatic carbocycles. The van der Waals surface area contributed by atoms with Crippen LogP contribution in [0, 0.1) is 12.8 Å². The lowest BCUT2D eigenvalue weighted by Gasteiger charge is -2.32. The van der Waals surface area contributed by atoms with Crippen molar-refractivity contribution in [2.45, 2.75) is 39.2 Å². The third-order valence-corrected chi connectivity index (χ3v) is 4.87. The van der Waals surface area contributed by atoms with Gasteiger partial charge in [-0.1, -0.05) is 18.2 Å². The van der Waals surface area contributed by atoms with Crippen LogP contribution in [0.4, 0.5) is 10.5 Å². The molecular weight excluding hydrogens is 342 g/mol. The van der Waals surface area contributed by atoms with Crippen LogP contribution in [-0.4, -0.2) is 29.9 Å². The fourth-order valence-corrected chi connectivity index (χ4v) is 3.40. The standard InChI is InChI=1S/C21H27N3O3/c1-16-9-11-19(27-16)14-22-20(25)12-10-17-6-5-13-24(15-17)21(26)23-18-7-3-2-4-8-18/h2-4,7-9,11,17H,5-6,10,12-15H2,1H3,(H,22,25)(H,23,26)/t17-/m0/s1. The average Bonchev–Trinajstić information content (AvgIpc) is 3.11. The van der Waals surface area contributed by atoms with Crippen LogP contribution in [0.15, 0.2) is 46.9 Å². The van der Waals surface area contributed by atoms with Crippen LogP contribution < -0.4 is 10.6 Å². The molecule has 0 radical (unpaired) electrons. The fraction of sp³-hybridized carbons (Fsp3) is 0.429. The van der Waals surface area contributed by atoms with Crippen molar-refractivity contribution in [1.29, 1.82) is 0 Å². The van der Waals surface area contributed by atoms with Gasteiger partial charge in [-0.15, -0.1) is 0 Å². The number of para-hydroxylation sites is 1. The molecule has 0 aliphatic carbocycles. The number of furan rings is 1. The number of piperidine rings is 1. The molecule has 2 heterocycles. The van der Waals surface area contributed by atoms with E-state index in [0.29, 0.717) is 25.4 Å². The lowest BCUT2D eigenvalue weighted by molar-refractivity contribution is -0.121. The molecule has 0 saturated carbocycles. The summed E-state index contributed by atoms with van der Waals surface area (Å²) in [4.78, 5) is 26.4. The van der Waals surface area contributed by atoms with Gasteiger partial charge in [0, 0.05) is 25.2 Å². The Bertz CT molecular complexity index is 757. The van der Waals surface area contributed by atoms with Crippen molar-refractivity contribution in [3.63, 3.8) is 0 Å². The number of aryl methyl sites for hydroxylation is 1. The molecule has 3 amide bonds. The van der Waals surface area contributed by atoms with Crippen LogP contribution in [-0.2, 0) is 11.3 Å². The molecule has 1 aliphatic rings. The number of rotatable bonds is 6. The third kappa shape index (κ3) is 5.88. The molecule has 1 aliphatic heterocycles. The minimum absolute atomic E-state index is 0.0231. The molecule has 1 atom stereocenters. The molecule has 1 saturated heterocycles. The highest BCUT2D eigenvalue weighted by Gasteiger charge is 2.24. The lowest BCUT2D eigenvalue weighted by Crippen LogP contribution is -2.42. The average molecular weight is 369 g/mol. The zero-order valence-corrected chi connectivity index (χ0v) is 15.7. The molecule has 1 aromatic heterocycles. The highest BCUT2D eigenvalue weighted by Crippen LogP contribution is 2.22. The number of amides is 3. The van der Waals surface area contributed by atoms with E-state index < -0.39 is 0 Å². The molecule has 27 heavy (non-hydrogen) atoms. The van der Waals surface area contributed by atoms with Crippen LogP contribution in [0.25, 0.3) is 0 Å². The van der Waals surface area contributed by atoms with Gasteiger partial charge in [-0.2, -0.15) is 0 Å². The Morgan fingerprint density at radius 3 is 2.74 bits per heavy atom. The van der Waals surface area contributed by atoms with Gasteiger partial charge in [0.25, 0.3) is 0 Å². The molecule has 6 heteroatoms. The Kier molecular flexibility index (Phi) is 6.52. The van der Waals surface area contributed by atoms with Gasteiger partial charge in [0.05, 0.1) is 6.54 Å². The largest absolute Gasteiger partial charge is 0.465 e. The second-order valence-electron chi connectivity index (χ2n) is 7.08. The molecule has 0 bridgehead atoms. The number of carbonyl (C=O) groups excluding carboxylic acids is 2. The van der Waals surface area contributed by atoms with Crippen molar-refractivity contribution in [2.24, 2.45) is 5.92 Å². The second-order valence-corrected chi connectivity index (χ2v) is 7.08. The first-order chi connectivity index (χ1) is 13.1. The monoisotopic (exact) mass is 369 g/mol. The maximum atomic E-state index is 12.4. The molecule has 1 fully saturated rings. The van der Waals surface area contributed by atoms with Gasteiger partial charge in [0.15, 0.2) is 0 Å². The van der Waals surface area contributed by atoms with Gasteiger partial charge < -0.3 is 20.0 Å². The number of carbonyl (C=O) groups is 2. The highest BCUT2D eigenvalue weighted by molar-refractivity contribution is 5.89. The van der Waals surface area contributed by atoms with E-state index >= 15 is 0 Å². The molecule has 2 N–H and O–H groups in total. The van der Waals surface area contributed by atoms with E-state index in [1.54, 1.807) is 0 Å². The maximum absolute atomic E-state index is 12.4. The molecular formula is C21H27N3O3. The summed E-state index contributed by atoms with van der Waals surface area (Å²) in [6.07, 6.45) is 3.29. The topological polar surface area (TPSA) is 74.6 Å². The fourth-order valence-electron chi connectivity index (χ4n) is 3.40. The molecule has 2 aromatic rings. The van der Waals surface area contributed by atoms with Crippen molar-refractivity contribution in [3.05, 3.63) is 54.0 Å². The summed E-state index contributed by atoms with van der Waals surface area (Å²) in [5, 5.41) is 5.83. The Hall–Kier alpha value is -2.76. The number of nitrogens with one attached hydrogen (secondary N) is 2. The van der Waals surface area contributed by atoms with Gasteiger partial charge in [0.2, 0.25) is 5.91 Å². The van der Waals surface area contributed by atoms with Gasteiger partial charge in [-0.05, 0) is 56.4 Å². The Morgan fingerprint density at radius 1 is 1.19 bits per heavy atom. The van der Waals surface area contributed by atoms with Crippen molar-refractivity contribution >= 4 is 17.6 Å². The molecule has 144 valence electrons. The minimum Gasteiger partial charge on any atom is -0.465 e. The Labute approximate surface area is 159 Å². The molecule has 0 spiro atoms. The number of likely N-dealkylation sites (tertiary alicyclic amines) is 1. The zero-order valence-electron chi connectivity index (χ0n) is 15.7. The number of benzene rings is 1. The number of urea groups is 1. The lowest BCUT2D eigenvalue weighted by atomic mass is 9.93. The number of anilines is 1. The van der Waals surface area contributed by atoms with Crippen LogP contribution in [0.1, 0.15) is 37.2 Å². The molecule has 0 unspecified atom stereocenters. The summed E-state index contributed by atoms with van der Waals surface area (Å²) in [6.45, 7) is 3.76. The van der Waals surface area contributed by atoms with Crippen LogP contribution in [0.3, 0.4) is 0 Å². The van der Waals surface area contributed by atoms with E-state index in [2.05, 4.69) is 10.6 Å². The van der Waals surface area contributed by atoms with E-state index in [9.17, 15) is 9.59 Å². The van der Waals surface area contributed by atoms with E-state index in [1.165, 1.54) is 0 Å². The summed E-state index contributed by atoms with van der Waals surface area (Å²) in [5.74, 6) is 1.99. The highest BCUT2D eigenvalue weighted by atomic mass is 16.3. The Balaban J connectivity index is 1.40. The normalized spacial score (nSPS) is 16.8. The van der Waals surface area contributed by atoms with Crippen molar-refractivity contribution in [2.75, 3.05) is 18.4 Å². The van der Waals surface area contributed by atoms with Crippen LogP contribution in [0.2, 0.25) is 0 Å². The first kappa shape index (κ1) is 19.0. The SMILES string of the molecule is Cc1ccc(CNC(=O)CC[C@@H]2CCCN(C(=O)Nc3ccccc3)C2)o1. The maximum Gasteiger partial charge on any atom is 0.321 e. The summed E-state index contributed by atoms with van der Waals surface area (Å²) >= 11 is 0. The van der Waals surface area contributed by atoms with E-state index in [1.807, 2.05) is 54.3 Å². The van der Waals surface area contributed by atoms with Crippen molar-refractivity contribution in [3.8, 4) is 0 Å². The van der Waals surface area contributed by atoms with Crippen molar-refractivity contribution < 1.29 is 14.0 Å². The summed E-state index contributed by atoms with van der Waals surface area (Å²) in [5.41, 5.74) is 0.803. The van der Waals surface area contributed by atoms with Gasteiger partial charge >= 0.3 is 6.03 Å². The molecule has 6 nitrogen and oxygen atoms in total. The summed E-state index contributed by atoms with van der Waals surface area (Å²) in [7, 11) is 0. The zero-order chi connectivity index (χ0) is 19.1. The van der Waals surface area contributed by atoms with Crippen LogP contribution in [0.5, 0.6) is 0 Å². The van der Waals surface area contributed by atoms with Crippen LogP contribution >= 0.6 is 0 Å². The predicted molar refractivity (Wildman–Crippen MR) is 104 cm³/mol. The number of hydrogen-bond acceptors (Lipinski definition) is 3. The smallest absolute Gasteiger partial charge is 0.321 e. The van der Waals surface area contributed by atoms with E-state index in [0.717, 1.165) is 43.0 Å². The van der Waals surface area contributed by atoms with E-state index in [-0.39, 0.29) is 11.9 Å². The quantitative estimate of drug-likeness (QED) is 0.810. The first-order valence-electron chi connectivity index (χ1n) is 9.53. The Morgan fingerprint density at radius 2 is 2.00 bits per heavy atom. The van der Waals surface area contributed by atoms with Crippen molar-refractivity contribution in [1.82, 2.24) is 10.2 Å². The van der Waals surface area contributed by atoms with Gasteiger partial charge in [0.1, 0.15) is 11.5 Å². The minimum atomic E-state index is -0.0662. The summed E-state index contributed by atoms with van der Waals surface area (Å²) in [6, 6.07) is 13.2. The van der Waals surface area contributed by atoms with Gasteiger partial charge in [-0.3, -0.25) is 4.79 Å². The van der Waals surface area contributed by atoms with Gasteiger partial charge in [-0.25, -0.2) is 4.79 Å². The second kappa shape index (κ2) is 9.26. The predicted octanol–water partition coefficient (Wildman–Crippen LogP) is 3.93. The first-order valence-corrected chi connectivity index (χ1v) is 9.53.